The predicted molar refractivity (Wildman–Crippen MR) is 242 cm³/mol. The molecular weight excluding hydrogens is 705 g/mol. The van der Waals surface area contributed by atoms with E-state index >= 15 is 0 Å². The van der Waals surface area contributed by atoms with E-state index in [1.807, 2.05) is 0 Å². The molecule has 0 aliphatic rings. The van der Waals surface area contributed by atoms with Gasteiger partial charge in [0, 0.05) is 38.2 Å². The van der Waals surface area contributed by atoms with Crippen molar-refractivity contribution in [3.8, 4) is 45.1 Å². The molecule has 0 amide bonds. The van der Waals surface area contributed by atoms with Gasteiger partial charge in [-0.3, -0.25) is 4.57 Å². The molecule has 12 aromatic rings. The largest absolute Gasteiger partial charge is 0.309 e. The molecule has 0 aliphatic carbocycles. The Bertz CT molecular complexity index is 3560. The lowest BCUT2D eigenvalue weighted by Gasteiger charge is -2.14. The average molecular weight is 739 g/mol. The summed E-state index contributed by atoms with van der Waals surface area (Å²) < 4.78 is 4.65. The quantitative estimate of drug-likeness (QED) is 0.176. The molecule has 0 bridgehead atoms. The first-order valence-corrected chi connectivity index (χ1v) is 19.8. The van der Waals surface area contributed by atoms with Gasteiger partial charge in [0.1, 0.15) is 0 Å². The number of aromatic nitrogens is 4. The van der Waals surface area contributed by atoms with Gasteiger partial charge in [-0.1, -0.05) is 152 Å². The maximum Gasteiger partial charge on any atom is 0.235 e. The van der Waals surface area contributed by atoms with Crippen molar-refractivity contribution < 1.29 is 0 Å². The van der Waals surface area contributed by atoms with Crippen LogP contribution < -0.4 is 0 Å². The van der Waals surface area contributed by atoms with E-state index in [4.69, 9.17) is 9.97 Å². The molecule has 3 heterocycles. The Hall–Kier alpha value is -7.82. The molecule has 0 unspecified atom stereocenters. The van der Waals surface area contributed by atoms with Crippen molar-refractivity contribution in [3.05, 3.63) is 206 Å². The molecule has 3 aromatic heterocycles. The van der Waals surface area contributed by atoms with Gasteiger partial charge in [0.2, 0.25) is 5.95 Å². The van der Waals surface area contributed by atoms with Gasteiger partial charge in [-0.25, -0.2) is 9.97 Å². The minimum Gasteiger partial charge on any atom is -0.309 e. The van der Waals surface area contributed by atoms with Crippen LogP contribution in [0.15, 0.2) is 206 Å². The smallest absolute Gasteiger partial charge is 0.235 e. The van der Waals surface area contributed by atoms with Gasteiger partial charge >= 0.3 is 0 Å². The average Bonchev–Trinajstić information content (AvgIpc) is 3.82. The highest BCUT2D eigenvalue weighted by molar-refractivity contribution is 6.24. The third kappa shape index (κ3) is 4.95. The van der Waals surface area contributed by atoms with Gasteiger partial charge < -0.3 is 4.57 Å². The Morgan fingerprint density at radius 3 is 1.72 bits per heavy atom. The minimum atomic E-state index is 0.646. The molecule has 4 nitrogen and oxygen atoms in total. The maximum atomic E-state index is 5.49. The van der Waals surface area contributed by atoms with Crippen molar-refractivity contribution >= 4 is 65.3 Å². The molecule has 58 heavy (non-hydrogen) atoms. The van der Waals surface area contributed by atoms with Crippen LogP contribution in [0.25, 0.3) is 110 Å². The van der Waals surface area contributed by atoms with Crippen LogP contribution in [0.1, 0.15) is 0 Å². The fourth-order valence-electron chi connectivity index (χ4n) is 9.14. The number of rotatable bonds is 5. The van der Waals surface area contributed by atoms with Crippen LogP contribution in [0.2, 0.25) is 0 Å². The van der Waals surface area contributed by atoms with Crippen molar-refractivity contribution in [2.45, 2.75) is 0 Å². The van der Waals surface area contributed by atoms with Crippen LogP contribution in [0.4, 0.5) is 0 Å². The first-order chi connectivity index (χ1) is 28.8. The van der Waals surface area contributed by atoms with E-state index in [1.165, 1.54) is 54.5 Å². The highest BCUT2D eigenvalue weighted by atomic mass is 15.2. The van der Waals surface area contributed by atoms with Gasteiger partial charge in [0.25, 0.3) is 0 Å². The lowest BCUT2D eigenvalue weighted by atomic mass is 9.94. The number of benzene rings is 9. The first kappa shape index (κ1) is 32.4. The zero-order valence-electron chi connectivity index (χ0n) is 31.4. The normalized spacial score (nSPS) is 11.8. The Balaban J connectivity index is 1.13. The summed E-state index contributed by atoms with van der Waals surface area (Å²) in [6.07, 6.45) is 0. The Kier molecular flexibility index (Phi) is 7.20. The molecule has 270 valence electrons. The molecule has 0 atom stereocenters. The maximum absolute atomic E-state index is 5.49. The number of nitrogens with zero attached hydrogens (tertiary/aromatic N) is 4. The van der Waals surface area contributed by atoms with Gasteiger partial charge in [-0.2, -0.15) is 0 Å². The van der Waals surface area contributed by atoms with Crippen molar-refractivity contribution in [1.29, 1.82) is 0 Å². The second kappa shape index (κ2) is 12.9. The summed E-state index contributed by atoms with van der Waals surface area (Å²) in [7, 11) is 0. The number of para-hydroxylation sites is 4. The molecule has 0 fully saturated rings. The first-order valence-electron chi connectivity index (χ1n) is 19.8. The Morgan fingerprint density at radius 1 is 0.310 bits per heavy atom. The monoisotopic (exact) mass is 738 g/mol. The zero-order valence-corrected chi connectivity index (χ0v) is 31.4. The molecule has 4 heteroatoms. The van der Waals surface area contributed by atoms with Gasteiger partial charge in [0.15, 0.2) is 0 Å². The van der Waals surface area contributed by atoms with Crippen LogP contribution in [0, 0.1) is 0 Å². The fraction of sp³-hybridized carbons (Fsp3) is 0. The van der Waals surface area contributed by atoms with E-state index in [-0.39, 0.29) is 0 Å². The summed E-state index contributed by atoms with van der Waals surface area (Å²) >= 11 is 0. The van der Waals surface area contributed by atoms with E-state index in [0.29, 0.717) is 5.95 Å². The van der Waals surface area contributed by atoms with E-state index in [1.54, 1.807) is 0 Å². The SMILES string of the molecule is c1ccc(-c2cccc(-c3nc(-n4c5ccccc5c5c6ccccc6c(-c6ccc7c(c6)c6ccccc6n7-c6ccccc6)cc54)nc4ccccc34)c2)cc1. The summed E-state index contributed by atoms with van der Waals surface area (Å²) in [5.74, 6) is 0.646. The summed E-state index contributed by atoms with van der Waals surface area (Å²) in [5, 5.41) is 8.26. The van der Waals surface area contributed by atoms with Gasteiger partial charge in [-0.15, -0.1) is 0 Å². The van der Waals surface area contributed by atoms with Crippen molar-refractivity contribution in [3.63, 3.8) is 0 Å². The fourth-order valence-corrected chi connectivity index (χ4v) is 9.14. The molecule has 0 saturated carbocycles. The topological polar surface area (TPSA) is 35.6 Å². The van der Waals surface area contributed by atoms with Crippen LogP contribution in [0.3, 0.4) is 0 Å². The van der Waals surface area contributed by atoms with Crippen LogP contribution in [0.5, 0.6) is 0 Å². The van der Waals surface area contributed by atoms with Crippen molar-refractivity contribution in [2.24, 2.45) is 0 Å². The standard InChI is InChI=1S/C54H34N4/c1-3-16-35(17-4-1)36-18-15-19-38(32-36)53-43-25-9-12-27-47(43)55-54(56-53)58-49-29-14-11-26-44(49)52-42-24-8-7-22-40(42)45(34-51(52)58)37-30-31-50-46(33-37)41-23-10-13-28-48(41)57(50)39-20-5-2-6-21-39/h1-34H. The number of fused-ring (bicyclic) bond motifs is 9. The van der Waals surface area contributed by atoms with Crippen LogP contribution >= 0.6 is 0 Å². The van der Waals surface area contributed by atoms with E-state index in [9.17, 15) is 0 Å². The second-order valence-corrected chi connectivity index (χ2v) is 15.0. The highest BCUT2D eigenvalue weighted by Gasteiger charge is 2.22. The molecule has 0 aliphatic heterocycles. The lowest BCUT2D eigenvalue weighted by molar-refractivity contribution is 1.01. The van der Waals surface area contributed by atoms with E-state index in [0.717, 1.165) is 50.0 Å². The third-order valence-electron chi connectivity index (χ3n) is 11.7. The Morgan fingerprint density at radius 2 is 0.914 bits per heavy atom. The third-order valence-corrected chi connectivity index (χ3v) is 11.7. The summed E-state index contributed by atoms with van der Waals surface area (Å²) in [6, 6.07) is 73.8. The van der Waals surface area contributed by atoms with Gasteiger partial charge in [0.05, 0.1) is 33.3 Å². The summed E-state index contributed by atoms with van der Waals surface area (Å²) in [5.41, 5.74) is 13.2. The molecular formula is C54H34N4. The molecule has 0 saturated heterocycles. The molecule has 12 rings (SSSR count). The molecule has 0 radical (unpaired) electrons. The Labute approximate surface area is 334 Å². The molecule has 9 aromatic carbocycles. The lowest BCUT2D eigenvalue weighted by Crippen LogP contribution is -2.03. The number of hydrogen-bond acceptors (Lipinski definition) is 2. The van der Waals surface area contributed by atoms with E-state index < -0.39 is 0 Å². The van der Waals surface area contributed by atoms with Crippen LogP contribution in [-0.4, -0.2) is 19.1 Å². The second-order valence-electron chi connectivity index (χ2n) is 15.0. The van der Waals surface area contributed by atoms with Crippen molar-refractivity contribution in [2.75, 3.05) is 0 Å². The number of hydrogen-bond donors (Lipinski definition) is 0. The predicted octanol–water partition coefficient (Wildman–Crippen LogP) is 14.0. The van der Waals surface area contributed by atoms with E-state index in [2.05, 4.69) is 215 Å². The van der Waals surface area contributed by atoms with Gasteiger partial charge in [-0.05, 0) is 87.6 Å². The van der Waals surface area contributed by atoms with Crippen molar-refractivity contribution in [1.82, 2.24) is 19.1 Å². The molecule has 0 N–H and O–H groups in total. The summed E-state index contributed by atoms with van der Waals surface area (Å²) in [6.45, 7) is 0. The van der Waals surface area contributed by atoms with Crippen LogP contribution in [-0.2, 0) is 0 Å². The zero-order chi connectivity index (χ0) is 38.2. The minimum absolute atomic E-state index is 0.646. The molecule has 0 spiro atoms. The highest BCUT2D eigenvalue weighted by Crippen LogP contribution is 2.43. The summed E-state index contributed by atoms with van der Waals surface area (Å²) in [4.78, 5) is 10.8.